The molecule has 3 aromatic rings. The van der Waals surface area contributed by atoms with Gasteiger partial charge in [0.1, 0.15) is 0 Å². The van der Waals surface area contributed by atoms with Gasteiger partial charge in [-0.25, -0.2) is 4.68 Å². The standard InChI is InChI=1S/C20H22N4O3/c1-3-23(15-10-8-14(2)9-11-15)21-18(25)12-13-24-20(27)17-7-5-4-6-16(17)19(26)22-24/h4-11H,3,12-13H2,1-2H3,(H,21,25)(H,22,26). The van der Waals surface area contributed by atoms with E-state index < -0.39 is 0 Å². The molecule has 0 saturated heterocycles. The summed E-state index contributed by atoms with van der Waals surface area (Å²) in [5, 5.41) is 4.97. The summed E-state index contributed by atoms with van der Waals surface area (Å²) >= 11 is 0. The Hall–Kier alpha value is -3.35. The van der Waals surface area contributed by atoms with Gasteiger partial charge in [0.25, 0.3) is 11.1 Å². The van der Waals surface area contributed by atoms with Gasteiger partial charge < -0.3 is 0 Å². The van der Waals surface area contributed by atoms with Crippen LogP contribution in [0, 0.1) is 6.92 Å². The number of aryl methyl sites for hydroxylation is 2. The maximum absolute atomic E-state index is 12.5. The van der Waals surface area contributed by atoms with Gasteiger partial charge >= 0.3 is 0 Å². The number of carbonyl (C=O) groups is 1. The molecule has 0 aliphatic carbocycles. The number of nitrogens with zero attached hydrogens (tertiary/aromatic N) is 2. The van der Waals surface area contributed by atoms with E-state index in [2.05, 4.69) is 10.5 Å². The molecule has 0 aliphatic rings. The van der Waals surface area contributed by atoms with Crippen LogP contribution in [0.2, 0.25) is 0 Å². The summed E-state index contributed by atoms with van der Waals surface area (Å²) in [5.41, 5.74) is 4.19. The van der Waals surface area contributed by atoms with E-state index in [1.165, 1.54) is 4.68 Å². The number of nitrogens with one attached hydrogen (secondary N) is 2. The SMILES string of the molecule is CCN(NC(=O)CCn1[nH]c(=O)c2ccccc2c1=O)c1ccc(C)cc1. The van der Waals surface area contributed by atoms with Crippen LogP contribution in [0.25, 0.3) is 10.8 Å². The molecule has 0 aliphatic heterocycles. The number of anilines is 1. The fourth-order valence-corrected chi connectivity index (χ4v) is 2.87. The number of hydrogen-bond donors (Lipinski definition) is 2. The number of fused-ring (bicyclic) bond motifs is 1. The molecule has 1 amide bonds. The number of aromatic amines is 1. The smallest absolute Gasteiger partial charge is 0.273 e. The Balaban J connectivity index is 1.71. The molecule has 0 unspecified atom stereocenters. The van der Waals surface area contributed by atoms with Crippen molar-refractivity contribution in [2.24, 2.45) is 0 Å². The van der Waals surface area contributed by atoms with Crippen LogP contribution in [0.3, 0.4) is 0 Å². The highest BCUT2D eigenvalue weighted by atomic mass is 16.2. The van der Waals surface area contributed by atoms with E-state index >= 15 is 0 Å². The summed E-state index contributed by atoms with van der Waals surface area (Å²) in [6.45, 7) is 4.63. The molecule has 7 nitrogen and oxygen atoms in total. The van der Waals surface area contributed by atoms with Crippen LogP contribution >= 0.6 is 0 Å². The highest BCUT2D eigenvalue weighted by Crippen LogP contribution is 2.13. The Kier molecular flexibility index (Phi) is 5.40. The molecule has 1 heterocycles. The minimum Gasteiger partial charge on any atom is -0.286 e. The van der Waals surface area contributed by atoms with Crippen LogP contribution in [0.15, 0.2) is 58.1 Å². The van der Waals surface area contributed by atoms with Gasteiger partial charge in [-0.3, -0.25) is 29.9 Å². The minimum atomic E-state index is -0.347. The van der Waals surface area contributed by atoms with Crippen molar-refractivity contribution in [3.05, 3.63) is 74.8 Å². The first kappa shape index (κ1) is 18.4. The molecular formula is C20H22N4O3. The number of rotatable bonds is 6. The lowest BCUT2D eigenvalue weighted by Gasteiger charge is -2.24. The molecule has 2 aromatic carbocycles. The minimum absolute atomic E-state index is 0.0660. The van der Waals surface area contributed by atoms with Gasteiger partial charge in [0, 0.05) is 13.0 Å². The Morgan fingerprint density at radius 2 is 1.74 bits per heavy atom. The Morgan fingerprint density at radius 3 is 2.41 bits per heavy atom. The maximum Gasteiger partial charge on any atom is 0.273 e. The van der Waals surface area contributed by atoms with Gasteiger partial charge in [0.05, 0.1) is 23.0 Å². The summed E-state index contributed by atoms with van der Waals surface area (Å²) in [6, 6.07) is 14.5. The van der Waals surface area contributed by atoms with Crippen molar-refractivity contribution >= 4 is 22.4 Å². The van der Waals surface area contributed by atoms with Gasteiger partial charge in [-0.15, -0.1) is 0 Å². The Bertz CT molecular complexity index is 1070. The third-order valence-electron chi connectivity index (χ3n) is 4.37. The predicted octanol–water partition coefficient (Wildman–Crippen LogP) is 1.95. The second-order valence-electron chi connectivity index (χ2n) is 6.31. The number of amides is 1. The van der Waals surface area contributed by atoms with Crippen molar-refractivity contribution in [1.29, 1.82) is 0 Å². The number of aromatic nitrogens is 2. The van der Waals surface area contributed by atoms with Gasteiger partial charge in [0.15, 0.2) is 0 Å². The summed E-state index contributed by atoms with van der Waals surface area (Å²) in [5.74, 6) is -0.238. The average molecular weight is 366 g/mol. The van der Waals surface area contributed by atoms with E-state index in [-0.39, 0.29) is 30.0 Å². The molecule has 0 radical (unpaired) electrons. The first-order valence-electron chi connectivity index (χ1n) is 8.85. The first-order valence-corrected chi connectivity index (χ1v) is 8.85. The fourth-order valence-electron chi connectivity index (χ4n) is 2.87. The van der Waals surface area contributed by atoms with Gasteiger partial charge in [-0.05, 0) is 38.1 Å². The van der Waals surface area contributed by atoms with Gasteiger partial charge in [-0.1, -0.05) is 29.8 Å². The molecule has 0 saturated carbocycles. The van der Waals surface area contributed by atoms with Crippen molar-refractivity contribution in [2.45, 2.75) is 26.8 Å². The quantitative estimate of drug-likeness (QED) is 0.653. The zero-order valence-corrected chi connectivity index (χ0v) is 15.4. The normalized spacial score (nSPS) is 10.7. The third-order valence-corrected chi connectivity index (χ3v) is 4.37. The molecule has 2 N–H and O–H groups in total. The third kappa shape index (κ3) is 4.08. The zero-order valence-electron chi connectivity index (χ0n) is 15.4. The highest BCUT2D eigenvalue weighted by Gasteiger charge is 2.11. The summed E-state index contributed by atoms with van der Waals surface area (Å²) in [4.78, 5) is 36.9. The van der Waals surface area contributed by atoms with Crippen LogP contribution in [0.1, 0.15) is 18.9 Å². The number of benzene rings is 2. The van der Waals surface area contributed by atoms with E-state index in [1.54, 1.807) is 29.3 Å². The van der Waals surface area contributed by atoms with Crippen molar-refractivity contribution in [3.8, 4) is 0 Å². The summed E-state index contributed by atoms with van der Waals surface area (Å²) in [6.07, 6.45) is 0.0660. The lowest BCUT2D eigenvalue weighted by Crippen LogP contribution is -2.43. The Morgan fingerprint density at radius 1 is 1.07 bits per heavy atom. The van der Waals surface area contributed by atoms with Crippen LogP contribution in [-0.2, 0) is 11.3 Å². The second kappa shape index (κ2) is 7.90. The number of H-pyrrole nitrogens is 1. The molecule has 0 bridgehead atoms. The van der Waals surface area contributed by atoms with Crippen LogP contribution in [-0.4, -0.2) is 22.2 Å². The fraction of sp³-hybridized carbons (Fsp3) is 0.250. The van der Waals surface area contributed by atoms with E-state index in [9.17, 15) is 14.4 Å². The average Bonchev–Trinajstić information content (AvgIpc) is 2.68. The van der Waals surface area contributed by atoms with Crippen LogP contribution < -0.4 is 21.6 Å². The van der Waals surface area contributed by atoms with Crippen LogP contribution in [0.5, 0.6) is 0 Å². The summed E-state index contributed by atoms with van der Waals surface area (Å²) in [7, 11) is 0. The first-order chi connectivity index (χ1) is 13.0. The summed E-state index contributed by atoms with van der Waals surface area (Å²) < 4.78 is 1.19. The molecule has 7 heteroatoms. The van der Waals surface area contributed by atoms with Crippen molar-refractivity contribution in [1.82, 2.24) is 15.2 Å². The lowest BCUT2D eigenvalue weighted by molar-refractivity contribution is -0.121. The highest BCUT2D eigenvalue weighted by molar-refractivity contribution is 5.80. The van der Waals surface area contributed by atoms with Crippen molar-refractivity contribution in [3.63, 3.8) is 0 Å². The molecule has 140 valence electrons. The van der Waals surface area contributed by atoms with Gasteiger partial charge in [-0.2, -0.15) is 0 Å². The van der Waals surface area contributed by atoms with E-state index in [0.717, 1.165) is 11.3 Å². The predicted molar refractivity (Wildman–Crippen MR) is 106 cm³/mol. The van der Waals surface area contributed by atoms with Gasteiger partial charge in [0.2, 0.25) is 5.91 Å². The van der Waals surface area contributed by atoms with Crippen molar-refractivity contribution < 1.29 is 4.79 Å². The van der Waals surface area contributed by atoms with Crippen molar-refractivity contribution in [2.75, 3.05) is 11.6 Å². The number of hydrogen-bond acceptors (Lipinski definition) is 4. The number of carbonyl (C=O) groups excluding carboxylic acids is 1. The largest absolute Gasteiger partial charge is 0.286 e. The monoisotopic (exact) mass is 366 g/mol. The molecule has 0 spiro atoms. The maximum atomic E-state index is 12.5. The lowest BCUT2D eigenvalue weighted by atomic mass is 10.2. The van der Waals surface area contributed by atoms with Crippen LogP contribution in [0.4, 0.5) is 5.69 Å². The molecule has 1 aromatic heterocycles. The molecule has 3 rings (SSSR count). The molecule has 0 fully saturated rings. The van der Waals surface area contributed by atoms with E-state index in [4.69, 9.17) is 0 Å². The zero-order chi connectivity index (χ0) is 19.4. The molecule has 0 atom stereocenters. The topological polar surface area (TPSA) is 87.2 Å². The number of hydrazine groups is 1. The van der Waals surface area contributed by atoms with E-state index in [0.29, 0.717) is 17.3 Å². The second-order valence-corrected chi connectivity index (χ2v) is 6.31. The molecular weight excluding hydrogens is 344 g/mol. The van der Waals surface area contributed by atoms with E-state index in [1.807, 2.05) is 38.1 Å². The molecule has 27 heavy (non-hydrogen) atoms. The Labute approximate surface area is 156 Å².